The lowest BCUT2D eigenvalue weighted by atomic mass is 10.2. The average molecular weight is 301 g/mol. The van der Waals surface area contributed by atoms with Gasteiger partial charge in [-0.05, 0) is 18.8 Å². The monoisotopic (exact) mass is 301 g/mol. The summed E-state index contributed by atoms with van der Waals surface area (Å²) < 4.78 is 27.6. The van der Waals surface area contributed by atoms with Crippen LogP contribution in [0.1, 0.15) is 26.7 Å². The standard InChI is InChI=1S/C12H19N3O4S/c1-9(2)6-14-7-11(13-8-14)20(18,19)15-5-3-4-10(15)12(16)17/h7-10H,3-6H2,1-2H3,(H,16,17)/t10-/m1/s1. The van der Waals surface area contributed by atoms with Crippen molar-refractivity contribution in [2.24, 2.45) is 5.92 Å². The van der Waals surface area contributed by atoms with Gasteiger partial charge in [-0.3, -0.25) is 4.79 Å². The molecule has 1 aromatic rings. The molecule has 2 heterocycles. The number of carbonyl (C=O) groups is 1. The predicted molar refractivity (Wildman–Crippen MR) is 71.6 cm³/mol. The van der Waals surface area contributed by atoms with Gasteiger partial charge in [-0.25, -0.2) is 13.4 Å². The first kappa shape index (κ1) is 15.0. The second-order valence-corrected chi connectivity index (χ2v) is 7.25. The molecule has 1 N–H and O–H groups in total. The molecular weight excluding hydrogens is 282 g/mol. The number of sulfonamides is 1. The van der Waals surface area contributed by atoms with E-state index in [1.54, 1.807) is 4.57 Å². The van der Waals surface area contributed by atoms with Crippen LogP contribution in [0, 0.1) is 5.92 Å². The third-order valence-corrected chi connectivity index (χ3v) is 5.04. The van der Waals surface area contributed by atoms with E-state index in [1.165, 1.54) is 12.5 Å². The molecule has 8 heteroatoms. The molecule has 1 atom stereocenters. The second-order valence-electron chi connectivity index (χ2n) is 5.41. The molecule has 7 nitrogen and oxygen atoms in total. The Labute approximate surface area is 118 Å². The fourth-order valence-electron chi connectivity index (χ4n) is 2.39. The molecule has 0 spiro atoms. The van der Waals surface area contributed by atoms with Gasteiger partial charge in [-0.1, -0.05) is 13.8 Å². The third-order valence-electron chi connectivity index (χ3n) is 3.25. The van der Waals surface area contributed by atoms with Crippen molar-refractivity contribution in [3.63, 3.8) is 0 Å². The summed E-state index contributed by atoms with van der Waals surface area (Å²) in [6.45, 7) is 4.95. The number of carboxylic acids is 1. The van der Waals surface area contributed by atoms with Crippen LogP contribution in [-0.2, 0) is 21.4 Å². The van der Waals surface area contributed by atoms with Gasteiger partial charge in [0.15, 0.2) is 5.03 Å². The fraction of sp³-hybridized carbons (Fsp3) is 0.667. The molecule has 0 aromatic carbocycles. The zero-order valence-electron chi connectivity index (χ0n) is 11.6. The first-order chi connectivity index (χ1) is 9.32. The largest absolute Gasteiger partial charge is 0.480 e. The molecule has 0 radical (unpaired) electrons. The molecule has 20 heavy (non-hydrogen) atoms. The summed E-state index contributed by atoms with van der Waals surface area (Å²) in [5, 5.41) is 9.01. The lowest BCUT2D eigenvalue weighted by molar-refractivity contribution is -0.140. The molecule has 2 rings (SSSR count). The maximum absolute atomic E-state index is 12.4. The van der Waals surface area contributed by atoms with Crippen molar-refractivity contribution in [1.29, 1.82) is 0 Å². The minimum atomic E-state index is -3.83. The summed E-state index contributed by atoms with van der Waals surface area (Å²) in [6, 6.07) is -0.977. The third kappa shape index (κ3) is 2.85. The van der Waals surface area contributed by atoms with E-state index in [2.05, 4.69) is 4.98 Å². The molecule has 1 aromatic heterocycles. The maximum Gasteiger partial charge on any atom is 0.322 e. The topological polar surface area (TPSA) is 92.5 Å². The summed E-state index contributed by atoms with van der Waals surface area (Å²) in [5.41, 5.74) is 0. The predicted octanol–water partition coefficient (Wildman–Crippen LogP) is 0.777. The highest BCUT2D eigenvalue weighted by Gasteiger charge is 2.40. The fourth-order valence-corrected chi connectivity index (χ4v) is 3.98. The number of hydrogen-bond donors (Lipinski definition) is 1. The molecule has 0 aliphatic carbocycles. The second kappa shape index (κ2) is 5.53. The van der Waals surface area contributed by atoms with Crippen molar-refractivity contribution < 1.29 is 18.3 Å². The van der Waals surface area contributed by atoms with Crippen LogP contribution in [0.15, 0.2) is 17.6 Å². The molecule has 0 unspecified atom stereocenters. The van der Waals surface area contributed by atoms with E-state index in [4.69, 9.17) is 5.11 Å². The number of rotatable bonds is 5. The van der Waals surface area contributed by atoms with Crippen molar-refractivity contribution in [2.75, 3.05) is 6.54 Å². The van der Waals surface area contributed by atoms with Gasteiger partial charge < -0.3 is 9.67 Å². The number of aromatic nitrogens is 2. The van der Waals surface area contributed by atoms with Gasteiger partial charge in [0.05, 0.1) is 6.33 Å². The van der Waals surface area contributed by atoms with Crippen molar-refractivity contribution in [3.05, 3.63) is 12.5 Å². The number of imidazole rings is 1. The van der Waals surface area contributed by atoms with Crippen LogP contribution in [0.3, 0.4) is 0 Å². The minimum absolute atomic E-state index is 0.0775. The Morgan fingerprint density at radius 2 is 2.25 bits per heavy atom. The SMILES string of the molecule is CC(C)Cn1cnc(S(=O)(=O)N2CCC[C@@H]2C(=O)O)c1. The summed E-state index contributed by atoms with van der Waals surface area (Å²) in [6.07, 6.45) is 3.84. The highest BCUT2D eigenvalue weighted by atomic mass is 32.2. The molecule has 1 aliphatic rings. The summed E-state index contributed by atoms with van der Waals surface area (Å²) in [4.78, 5) is 15.0. The molecule has 1 aliphatic heterocycles. The Balaban J connectivity index is 2.26. The van der Waals surface area contributed by atoms with E-state index in [9.17, 15) is 13.2 Å². The van der Waals surface area contributed by atoms with Crippen LogP contribution in [0.4, 0.5) is 0 Å². The van der Waals surface area contributed by atoms with Crippen LogP contribution in [0.5, 0.6) is 0 Å². The lowest BCUT2D eigenvalue weighted by Gasteiger charge is -2.19. The van der Waals surface area contributed by atoms with Gasteiger partial charge in [-0.2, -0.15) is 4.31 Å². The van der Waals surface area contributed by atoms with Gasteiger partial charge in [0.1, 0.15) is 6.04 Å². The van der Waals surface area contributed by atoms with E-state index in [1.807, 2.05) is 13.8 Å². The van der Waals surface area contributed by atoms with Crippen molar-refractivity contribution in [3.8, 4) is 0 Å². The molecule has 1 saturated heterocycles. The number of hydrogen-bond acceptors (Lipinski definition) is 4. The molecule has 0 saturated carbocycles. The van der Waals surface area contributed by atoms with E-state index >= 15 is 0 Å². The Kier molecular flexibility index (Phi) is 4.14. The number of nitrogens with zero attached hydrogens (tertiary/aromatic N) is 3. The zero-order chi connectivity index (χ0) is 14.9. The minimum Gasteiger partial charge on any atom is -0.480 e. The molecule has 1 fully saturated rings. The molecule has 112 valence electrons. The van der Waals surface area contributed by atoms with E-state index in [0.717, 1.165) is 4.31 Å². The Bertz CT molecular complexity index is 594. The van der Waals surface area contributed by atoms with Gasteiger partial charge in [-0.15, -0.1) is 0 Å². The van der Waals surface area contributed by atoms with Crippen LogP contribution in [-0.4, -0.2) is 45.9 Å². The van der Waals surface area contributed by atoms with Crippen LogP contribution in [0.2, 0.25) is 0 Å². The van der Waals surface area contributed by atoms with E-state index < -0.39 is 22.0 Å². The van der Waals surface area contributed by atoms with E-state index in [-0.39, 0.29) is 11.6 Å². The zero-order valence-corrected chi connectivity index (χ0v) is 12.4. The van der Waals surface area contributed by atoms with Gasteiger partial charge in [0.2, 0.25) is 0 Å². The summed E-state index contributed by atoms with van der Waals surface area (Å²) >= 11 is 0. The van der Waals surface area contributed by atoms with Crippen LogP contribution in [0.25, 0.3) is 0 Å². The van der Waals surface area contributed by atoms with Crippen molar-refractivity contribution in [1.82, 2.24) is 13.9 Å². The van der Waals surface area contributed by atoms with Crippen molar-refractivity contribution >= 4 is 16.0 Å². The van der Waals surface area contributed by atoms with Gasteiger partial charge in [0, 0.05) is 19.3 Å². The molecular formula is C12H19N3O4S. The highest BCUT2D eigenvalue weighted by Crippen LogP contribution is 2.25. The first-order valence-electron chi connectivity index (χ1n) is 6.59. The Morgan fingerprint density at radius 1 is 1.55 bits per heavy atom. The Hall–Kier alpha value is -1.41. The summed E-state index contributed by atoms with van der Waals surface area (Å²) in [5.74, 6) is -0.731. The Morgan fingerprint density at radius 3 is 2.85 bits per heavy atom. The van der Waals surface area contributed by atoms with Crippen molar-refractivity contribution in [2.45, 2.75) is 44.3 Å². The molecule has 0 bridgehead atoms. The van der Waals surface area contributed by atoms with Gasteiger partial charge in [0.25, 0.3) is 10.0 Å². The number of aliphatic carboxylic acids is 1. The normalized spacial score (nSPS) is 20.6. The highest BCUT2D eigenvalue weighted by molar-refractivity contribution is 7.89. The number of carboxylic acid groups (broad SMARTS) is 1. The van der Waals surface area contributed by atoms with E-state index in [0.29, 0.717) is 25.3 Å². The maximum atomic E-state index is 12.4. The van der Waals surface area contributed by atoms with Crippen LogP contribution >= 0.6 is 0 Å². The van der Waals surface area contributed by atoms with Crippen LogP contribution < -0.4 is 0 Å². The summed E-state index contributed by atoms with van der Waals surface area (Å²) in [7, 11) is -3.83. The lowest BCUT2D eigenvalue weighted by Crippen LogP contribution is -2.40. The van der Waals surface area contributed by atoms with Gasteiger partial charge >= 0.3 is 5.97 Å². The molecule has 0 amide bonds. The smallest absolute Gasteiger partial charge is 0.322 e. The average Bonchev–Trinajstić information content (AvgIpc) is 2.95. The quantitative estimate of drug-likeness (QED) is 0.867. The first-order valence-corrected chi connectivity index (χ1v) is 8.03.